The number of nitrogens with zero attached hydrogens (tertiary/aromatic N) is 3. The first-order chi connectivity index (χ1) is 12.7. The maximum absolute atomic E-state index is 12.9. The molecule has 4 rings (SSSR count). The fourth-order valence-electron chi connectivity index (χ4n) is 3.54. The molecule has 1 N–H and O–H groups in total. The van der Waals surface area contributed by atoms with Crippen LogP contribution in [0.25, 0.3) is 11.3 Å². The van der Waals surface area contributed by atoms with Gasteiger partial charge in [0.05, 0.1) is 18.8 Å². The average Bonchev–Trinajstić information content (AvgIpc) is 3.23. The van der Waals surface area contributed by atoms with Gasteiger partial charge in [0.1, 0.15) is 11.4 Å². The monoisotopic (exact) mass is 348 g/mol. The summed E-state index contributed by atoms with van der Waals surface area (Å²) in [5.41, 5.74) is 4.15. The number of hydrogen-bond acceptors (Lipinski definition) is 4. The van der Waals surface area contributed by atoms with Crippen LogP contribution in [0.4, 0.5) is 0 Å². The van der Waals surface area contributed by atoms with Gasteiger partial charge in [-0.2, -0.15) is 5.10 Å². The molecule has 6 nitrogen and oxygen atoms in total. The van der Waals surface area contributed by atoms with Gasteiger partial charge in [-0.1, -0.05) is 25.1 Å². The van der Waals surface area contributed by atoms with Crippen LogP contribution in [0, 0.1) is 0 Å². The van der Waals surface area contributed by atoms with Crippen LogP contribution in [0.1, 0.15) is 41.0 Å². The van der Waals surface area contributed by atoms with Crippen LogP contribution in [0.2, 0.25) is 0 Å². The molecule has 0 radical (unpaired) electrons. The van der Waals surface area contributed by atoms with Crippen LogP contribution < -0.4 is 4.74 Å². The van der Waals surface area contributed by atoms with Crippen molar-refractivity contribution in [3.8, 4) is 17.0 Å². The minimum atomic E-state index is -0.189. The van der Waals surface area contributed by atoms with Crippen molar-refractivity contribution in [2.24, 2.45) is 0 Å². The third-order valence-electron chi connectivity index (χ3n) is 4.67. The van der Waals surface area contributed by atoms with Gasteiger partial charge in [-0.05, 0) is 30.2 Å². The lowest BCUT2D eigenvalue weighted by Gasteiger charge is -2.25. The van der Waals surface area contributed by atoms with E-state index < -0.39 is 0 Å². The van der Waals surface area contributed by atoms with Gasteiger partial charge in [-0.25, -0.2) is 0 Å². The third-order valence-corrected chi connectivity index (χ3v) is 4.67. The average molecular weight is 348 g/mol. The summed E-state index contributed by atoms with van der Waals surface area (Å²) in [6.07, 6.45) is 4.44. The molecule has 1 amide bonds. The number of carbonyl (C=O) groups is 1. The van der Waals surface area contributed by atoms with E-state index in [9.17, 15) is 4.79 Å². The lowest BCUT2D eigenvalue weighted by molar-refractivity contribution is 0.0744. The van der Waals surface area contributed by atoms with Gasteiger partial charge in [-0.15, -0.1) is 0 Å². The highest BCUT2D eigenvalue weighted by atomic mass is 16.5. The summed E-state index contributed by atoms with van der Waals surface area (Å²) in [7, 11) is 1.64. The van der Waals surface area contributed by atoms with Crippen LogP contribution in [0.5, 0.6) is 5.75 Å². The number of fused-ring (bicyclic) bond motifs is 1. The van der Waals surface area contributed by atoms with Crippen LogP contribution in [-0.4, -0.2) is 39.6 Å². The zero-order valence-electron chi connectivity index (χ0n) is 14.8. The Morgan fingerprint density at radius 2 is 2.15 bits per heavy atom. The molecule has 1 atom stereocenters. The summed E-state index contributed by atoms with van der Waals surface area (Å²) >= 11 is 0. The number of aromatic amines is 1. The second-order valence-corrected chi connectivity index (χ2v) is 6.28. The molecular weight excluding hydrogens is 328 g/mol. The van der Waals surface area contributed by atoms with E-state index in [0.717, 1.165) is 34.6 Å². The number of rotatable bonds is 5. The highest BCUT2D eigenvalue weighted by molar-refractivity contribution is 6.00. The maximum atomic E-state index is 12.9. The Morgan fingerprint density at radius 1 is 1.27 bits per heavy atom. The summed E-state index contributed by atoms with van der Waals surface area (Å²) in [5, 5.41) is 7.41. The highest BCUT2D eigenvalue weighted by Gasteiger charge is 2.41. The Kier molecular flexibility index (Phi) is 4.16. The van der Waals surface area contributed by atoms with E-state index in [4.69, 9.17) is 4.74 Å². The fourth-order valence-corrected chi connectivity index (χ4v) is 3.54. The molecule has 3 heterocycles. The van der Waals surface area contributed by atoms with Crippen molar-refractivity contribution in [1.82, 2.24) is 20.1 Å². The summed E-state index contributed by atoms with van der Waals surface area (Å²) in [4.78, 5) is 19.1. The fraction of sp³-hybridized carbons (Fsp3) is 0.250. The Bertz CT molecular complexity index is 936. The van der Waals surface area contributed by atoms with Gasteiger partial charge in [0.25, 0.3) is 5.91 Å². The summed E-state index contributed by atoms with van der Waals surface area (Å²) in [5.74, 6) is 0.740. The highest BCUT2D eigenvalue weighted by Crippen LogP contribution is 2.42. The molecule has 0 aliphatic carbocycles. The number of pyridine rings is 1. The number of amides is 1. The SMILES string of the molecule is CCCN1C(=O)c2[nH]nc(-c3cccc(OC)c3)c2[C@@H]1c1cccnc1. The largest absolute Gasteiger partial charge is 0.497 e. The maximum Gasteiger partial charge on any atom is 0.273 e. The number of methoxy groups -OCH3 is 1. The predicted molar refractivity (Wildman–Crippen MR) is 98.0 cm³/mol. The summed E-state index contributed by atoms with van der Waals surface area (Å²) in [6.45, 7) is 2.75. The number of benzene rings is 1. The number of ether oxygens (including phenoxy) is 1. The van der Waals surface area contributed by atoms with E-state index in [1.54, 1.807) is 13.3 Å². The minimum Gasteiger partial charge on any atom is -0.497 e. The van der Waals surface area contributed by atoms with E-state index in [0.29, 0.717) is 12.2 Å². The molecule has 0 bridgehead atoms. The molecule has 0 fully saturated rings. The molecular formula is C20H20N4O2. The Hall–Kier alpha value is -3.15. The molecule has 1 aromatic carbocycles. The number of hydrogen-bond donors (Lipinski definition) is 1. The molecule has 0 unspecified atom stereocenters. The van der Waals surface area contributed by atoms with Crippen LogP contribution in [0.15, 0.2) is 48.8 Å². The predicted octanol–water partition coefficient (Wildman–Crippen LogP) is 3.44. The second-order valence-electron chi connectivity index (χ2n) is 6.28. The van der Waals surface area contributed by atoms with Gasteiger partial charge in [0, 0.05) is 30.1 Å². The smallest absolute Gasteiger partial charge is 0.273 e. The lowest BCUT2D eigenvalue weighted by Crippen LogP contribution is -2.30. The molecule has 2 aromatic heterocycles. The second kappa shape index (κ2) is 6.63. The van der Waals surface area contributed by atoms with Gasteiger partial charge in [0.15, 0.2) is 0 Å². The van der Waals surface area contributed by atoms with Gasteiger partial charge in [0.2, 0.25) is 0 Å². The molecule has 0 saturated carbocycles. The standard InChI is InChI=1S/C20H20N4O2/c1-3-10-24-19(14-7-5-9-21-12-14)16-17(22-23-18(16)20(24)25)13-6-4-8-15(11-13)26-2/h4-9,11-12,19H,3,10H2,1-2H3,(H,22,23)/t19-/m0/s1. The Labute approximate surface area is 151 Å². The van der Waals surface area contributed by atoms with Crippen molar-refractivity contribution in [3.63, 3.8) is 0 Å². The van der Waals surface area contributed by atoms with Crippen LogP contribution in [0.3, 0.4) is 0 Å². The number of carbonyl (C=O) groups excluding carboxylic acids is 1. The van der Waals surface area contributed by atoms with Gasteiger partial charge >= 0.3 is 0 Å². The first-order valence-corrected chi connectivity index (χ1v) is 8.68. The van der Waals surface area contributed by atoms with Gasteiger partial charge < -0.3 is 9.64 Å². The quantitative estimate of drug-likeness (QED) is 0.767. The van der Waals surface area contributed by atoms with Crippen molar-refractivity contribution < 1.29 is 9.53 Å². The van der Waals surface area contributed by atoms with Crippen molar-refractivity contribution in [3.05, 3.63) is 65.6 Å². The normalized spacial score (nSPS) is 16.0. The first-order valence-electron chi connectivity index (χ1n) is 8.68. The van der Waals surface area contributed by atoms with Gasteiger partial charge in [-0.3, -0.25) is 14.9 Å². The molecule has 3 aromatic rings. The first kappa shape index (κ1) is 16.3. The van der Waals surface area contributed by atoms with Crippen LogP contribution >= 0.6 is 0 Å². The third kappa shape index (κ3) is 2.54. The lowest BCUT2D eigenvalue weighted by atomic mass is 9.97. The molecule has 1 aliphatic heterocycles. The number of aromatic nitrogens is 3. The van der Waals surface area contributed by atoms with Crippen LogP contribution in [-0.2, 0) is 0 Å². The van der Waals surface area contributed by atoms with E-state index in [1.165, 1.54) is 0 Å². The van der Waals surface area contributed by atoms with Crippen molar-refractivity contribution in [2.45, 2.75) is 19.4 Å². The topological polar surface area (TPSA) is 71.1 Å². The van der Waals surface area contributed by atoms with E-state index in [-0.39, 0.29) is 11.9 Å². The summed E-state index contributed by atoms with van der Waals surface area (Å²) < 4.78 is 5.34. The zero-order valence-corrected chi connectivity index (χ0v) is 14.8. The number of nitrogens with one attached hydrogen (secondary N) is 1. The Balaban J connectivity index is 1.88. The molecule has 26 heavy (non-hydrogen) atoms. The summed E-state index contributed by atoms with van der Waals surface area (Å²) in [6, 6.07) is 11.4. The van der Waals surface area contributed by atoms with Crippen molar-refractivity contribution >= 4 is 5.91 Å². The van der Waals surface area contributed by atoms with E-state index in [1.807, 2.05) is 47.5 Å². The molecule has 0 saturated heterocycles. The molecule has 1 aliphatic rings. The van der Waals surface area contributed by atoms with Crippen molar-refractivity contribution in [1.29, 1.82) is 0 Å². The van der Waals surface area contributed by atoms with E-state index >= 15 is 0 Å². The van der Waals surface area contributed by atoms with Crippen molar-refractivity contribution in [2.75, 3.05) is 13.7 Å². The molecule has 0 spiro atoms. The Morgan fingerprint density at radius 3 is 2.88 bits per heavy atom. The van der Waals surface area contributed by atoms with E-state index in [2.05, 4.69) is 22.1 Å². The zero-order chi connectivity index (χ0) is 18.1. The molecule has 6 heteroatoms. The minimum absolute atomic E-state index is 0.0163. The number of H-pyrrole nitrogens is 1. The molecule has 132 valence electrons.